The zero-order valence-electron chi connectivity index (χ0n) is 8.38. The summed E-state index contributed by atoms with van der Waals surface area (Å²) in [6.45, 7) is 0.384. The van der Waals surface area contributed by atoms with Crippen LogP contribution in [0.25, 0.3) is 0 Å². The lowest BCUT2D eigenvalue weighted by Crippen LogP contribution is -2.20. The van der Waals surface area contributed by atoms with E-state index in [1.165, 1.54) is 5.01 Å². The predicted molar refractivity (Wildman–Crippen MR) is 55.7 cm³/mol. The minimum atomic E-state index is -0.0687. The maximum Gasteiger partial charge on any atom is 0.254 e. The quantitative estimate of drug-likeness (QED) is 0.734. The van der Waals surface area contributed by atoms with Gasteiger partial charge < -0.3 is 4.74 Å². The number of pyridine rings is 1. The van der Waals surface area contributed by atoms with Gasteiger partial charge in [-0.3, -0.25) is 4.79 Å². The van der Waals surface area contributed by atoms with Gasteiger partial charge in [0.15, 0.2) is 5.82 Å². The number of hydrazone groups is 1. The van der Waals surface area contributed by atoms with Crippen molar-refractivity contribution in [3.63, 3.8) is 0 Å². The van der Waals surface area contributed by atoms with Crippen LogP contribution in [0.5, 0.6) is 0 Å². The van der Waals surface area contributed by atoms with Gasteiger partial charge in [0, 0.05) is 13.3 Å². The van der Waals surface area contributed by atoms with E-state index >= 15 is 0 Å². The van der Waals surface area contributed by atoms with Crippen LogP contribution in [-0.2, 0) is 9.53 Å². The second kappa shape index (κ2) is 4.18. The third-order valence-electron chi connectivity index (χ3n) is 2.01. The fraction of sp³-hybridized carbons (Fsp3) is 0.300. The Labute approximate surface area is 87.4 Å². The number of methoxy groups -OCH3 is 1. The molecule has 0 saturated carbocycles. The molecular formula is C10H11N3O2. The number of rotatable bonds is 3. The Balaban J connectivity index is 2.20. The molecule has 0 radical (unpaired) electrons. The zero-order valence-corrected chi connectivity index (χ0v) is 8.38. The Hall–Kier alpha value is -1.75. The minimum absolute atomic E-state index is 0.0687. The summed E-state index contributed by atoms with van der Waals surface area (Å²) in [5.41, 5.74) is 0.730. The number of aromatic nitrogens is 1. The molecule has 2 rings (SSSR count). The third kappa shape index (κ3) is 2.02. The maximum atomic E-state index is 11.6. The molecule has 1 aromatic heterocycles. The monoisotopic (exact) mass is 205 g/mol. The number of hydrogen-bond acceptors (Lipinski definition) is 4. The first-order valence-electron chi connectivity index (χ1n) is 4.60. The van der Waals surface area contributed by atoms with Gasteiger partial charge in [-0.1, -0.05) is 6.07 Å². The number of ether oxygens (including phenoxy) is 1. The van der Waals surface area contributed by atoms with Crippen LogP contribution in [0.15, 0.2) is 29.5 Å². The Kier molecular flexibility index (Phi) is 2.73. The average molecular weight is 205 g/mol. The fourth-order valence-corrected chi connectivity index (χ4v) is 1.39. The molecule has 1 aromatic rings. The third-order valence-corrected chi connectivity index (χ3v) is 2.01. The van der Waals surface area contributed by atoms with E-state index in [1.807, 2.05) is 6.07 Å². The number of carbonyl (C=O) groups is 1. The molecule has 0 saturated heterocycles. The van der Waals surface area contributed by atoms with Gasteiger partial charge in [-0.15, -0.1) is 0 Å². The van der Waals surface area contributed by atoms with Crippen LogP contribution in [0.3, 0.4) is 0 Å². The lowest BCUT2D eigenvalue weighted by molar-refractivity contribution is -0.117. The minimum Gasteiger partial charge on any atom is -0.379 e. The van der Waals surface area contributed by atoms with Crippen LogP contribution in [0.4, 0.5) is 5.82 Å². The SMILES string of the molecule is COCC1=NN(c2ccccn2)C(=O)C1. The molecule has 0 spiro atoms. The summed E-state index contributed by atoms with van der Waals surface area (Å²) in [6, 6.07) is 5.36. The summed E-state index contributed by atoms with van der Waals surface area (Å²) < 4.78 is 4.93. The van der Waals surface area contributed by atoms with Crippen LogP contribution in [-0.4, -0.2) is 30.3 Å². The summed E-state index contributed by atoms with van der Waals surface area (Å²) in [6.07, 6.45) is 1.94. The highest BCUT2D eigenvalue weighted by molar-refractivity contribution is 6.13. The Bertz CT molecular complexity index is 389. The molecule has 1 aliphatic heterocycles. The van der Waals surface area contributed by atoms with Crippen LogP contribution in [0.2, 0.25) is 0 Å². The summed E-state index contributed by atoms with van der Waals surface area (Å²) >= 11 is 0. The average Bonchev–Trinajstić information content (AvgIpc) is 2.61. The van der Waals surface area contributed by atoms with Crippen LogP contribution in [0.1, 0.15) is 6.42 Å². The lowest BCUT2D eigenvalue weighted by atomic mass is 10.3. The molecule has 5 heteroatoms. The molecule has 15 heavy (non-hydrogen) atoms. The number of hydrogen-bond donors (Lipinski definition) is 0. The van der Waals surface area contributed by atoms with Crippen molar-refractivity contribution in [1.82, 2.24) is 4.98 Å². The van der Waals surface area contributed by atoms with Gasteiger partial charge in [-0.25, -0.2) is 4.98 Å². The molecule has 0 unspecified atom stereocenters. The number of amides is 1. The molecule has 1 amide bonds. The van der Waals surface area contributed by atoms with Crippen molar-refractivity contribution in [1.29, 1.82) is 0 Å². The van der Waals surface area contributed by atoms with Gasteiger partial charge in [0.1, 0.15) is 0 Å². The summed E-state index contributed by atoms with van der Waals surface area (Å²) in [5, 5.41) is 5.46. The van der Waals surface area contributed by atoms with Crippen LogP contribution in [0, 0.1) is 0 Å². The van der Waals surface area contributed by atoms with Crippen LogP contribution < -0.4 is 5.01 Å². The van der Waals surface area contributed by atoms with Gasteiger partial charge in [0.25, 0.3) is 5.91 Å². The molecule has 5 nitrogen and oxygen atoms in total. The molecule has 0 fully saturated rings. The van der Waals surface area contributed by atoms with E-state index in [9.17, 15) is 4.79 Å². The van der Waals surface area contributed by atoms with Crippen molar-refractivity contribution in [2.75, 3.05) is 18.7 Å². The van der Waals surface area contributed by atoms with Crippen molar-refractivity contribution in [2.24, 2.45) is 5.10 Å². The highest BCUT2D eigenvalue weighted by atomic mass is 16.5. The molecule has 0 aromatic carbocycles. The highest BCUT2D eigenvalue weighted by Gasteiger charge is 2.25. The smallest absolute Gasteiger partial charge is 0.254 e. The number of anilines is 1. The second-order valence-electron chi connectivity index (χ2n) is 3.17. The normalized spacial score (nSPS) is 15.7. The summed E-state index contributed by atoms with van der Waals surface area (Å²) in [7, 11) is 1.58. The first kappa shape index (κ1) is 9.79. The molecule has 0 bridgehead atoms. The van der Waals surface area contributed by atoms with Gasteiger partial charge in [0.2, 0.25) is 0 Å². The Morgan fingerprint density at radius 2 is 2.40 bits per heavy atom. The highest BCUT2D eigenvalue weighted by Crippen LogP contribution is 2.17. The standard InChI is InChI=1S/C10H11N3O2/c1-15-7-8-6-10(14)13(12-8)9-4-2-3-5-11-9/h2-5H,6-7H2,1H3. The predicted octanol–water partition coefficient (Wildman–Crippen LogP) is 0.821. The second-order valence-corrected chi connectivity index (χ2v) is 3.17. The van der Waals surface area contributed by atoms with E-state index in [-0.39, 0.29) is 5.91 Å². The Morgan fingerprint density at radius 3 is 3.07 bits per heavy atom. The summed E-state index contributed by atoms with van der Waals surface area (Å²) in [5.74, 6) is 0.481. The summed E-state index contributed by atoms with van der Waals surface area (Å²) in [4.78, 5) is 15.6. The first-order chi connectivity index (χ1) is 7.31. The van der Waals surface area contributed by atoms with E-state index in [2.05, 4.69) is 10.1 Å². The van der Waals surface area contributed by atoms with Crippen LogP contribution >= 0.6 is 0 Å². The zero-order chi connectivity index (χ0) is 10.7. The van der Waals surface area contributed by atoms with Gasteiger partial charge >= 0.3 is 0 Å². The van der Waals surface area contributed by atoms with Crippen molar-refractivity contribution < 1.29 is 9.53 Å². The molecular weight excluding hydrogens is 194 g/mol. The van der Waals surface area contributed by atoms with Gasteiger partial charge in [-0.2, -0.15) is 10.1 Å². The molecule has 0 atom stereocenters. The fourth-order valence-electron chi connectivity index (χ4n) is 1.39. The largest absolute Gasteiger partial charge is 0.379 e. The van der Waals surface area contributed by atoms with Crippen molar-refractivity contribution in [3.05, 3.63) is 24.4 Å². The van der Waals surface area contributed by atoms with E-state index in [0.29, 0.717) is 18.8 Å². The van der Waals surface area contributed by atoms with E-state index in [4.69, 9.17) is 4.74 Å². The van der Waals surface area contributed by atoms with Crippen molar-refractivity contribution in [2.45, 2.75) is 6.42 Å². The maximum absolute atomic E-state index is 11.6. The molecule has 0 N–H and O–H groups in total. The first-order valence-corrected chi connectivity index (χ1v) is 4.60. The molecule has 0 aliphatic carbocycles. The number of carbonyl (C=O) groups excluding carboxylic acids is 1. The van der Waals surface area contributed by atoms with E-state index < -0.39 is 0 Å². The van der Waals surface area contributed by atoms with E-state index in [1.54, 1.807) is 25.4 Å². The van der Waals surface area contributed by atoms with E-state index in [0.717, 1.165) is 5.71 Å². The van der Waals surface area contributed by atoms with Gasteiger partial charge in [0.05, 0.1) is 18.7 Å². The molecule has 78 valence electrons. The Morgan fingerprint density at radius 1 is 1.53 bits per heavy atom. The van der Waals surface area contributed by atoms with Crippen molar-refractivity contribution in [3.8, 4) is 0 Å². The van der Waals surface area contributed by atoms with Gasteiger partial charge in [-0.05, 0) is 12.1 Å². The molecule has 1 aliphatic rings. The lowest BCUT2D eigenvalue weighted by Gasteiger charge is -2.08. The van der Waals surface area contributed by atoms with Crippen molar-refractivity contribution >= 4 is 17.4 Å². The molecule has 2 heterocycles. The number of nitrogens with zero attached hydrogens (tertiary/aromatic N) is 3. The topological polar surface area (TPSA) is 54.8 Å².